The number of nitrogens with one attached hydrogen (secondary N) is 1. The lowest BCUT2D eigenvalue weighted by Crippen LogP contribution is -2.41. The molecule has 0 spiro atoms. The van der Waals surface area contributed by atoms with Crippen molar-refractivity contribution in [1.82, 2.24) is 10.2 Å². The molecule has 1 heterocycles. The maximum Gasteiger partial charge on any atom is 0.251 e. The van der Waals surface area contributed by atoms with E-state index in [9.17, 15) is 4.79 Å². The number of carbonyl (C=O) groups is 1. The van der Waals surface area contributed by atoms with Gasteiger partial charge in [-0.15, -0.1) is 0 Å². The second-order valence-electron chi connectivity index (χ2n) is 6.25. The summed E-state index contributed by atoms with van der Waals surface area (Å²) in [4.78, 5) is 14.6. The highest BCUT2D eigenvalue weighted by Gasteiger charge is 2.17. The number of rotatable bonds is 5. The predicted octanol–water partition coefficient (Wildman–Crippen LogP) is 2.80. The van der Waals surface area contributed by atoms with Crippen molar-refractivity contribution < 1.29 is 9.53 Å². The molecule has 1 N–H and O–H groups in total. The Morgan fingerprint density at radius 1 is 1.17 bits per heavy atom. The monoisotopic (exact) mass is 324 g/mol. The largest absolute Gasteiger partial charge is 0.375 e. The molecule has 0 radical (unpaired) electrons. The normalized spacial score (nSPS) is 18.3. The molecule has 0 aromatic heterocycles. The van der Waals surface area contributed by atoms with Gasteiger partial charge in [-0.25, -0.2) is 0 Å². The van der Waals surface area contributed by atoms with Crippen LogP contribution in [0.1, 0.15) is 16.8 Å². The molecule has 4 nitrogen and oxygen atoms in total. The van der Waals surface area contributed by atoms with Crippen LogP contribution in [0.4, 0.5) is 0 Å². The third-order valence-corrected chi connectivity index (χ3v) is 4.33. The van der Waals surface area contributed by atoms with E-state index in [1.807, 2.05) is 54.6 Å². The number of ether oxygens (including phenoxy) is 1. The topological polar surface area (TPSA) is 41.6 Å². The minimum atomic E-state index is -0.0306. The van der Waals surface area contributed by atoms with E-state index in [1.165, 1.54) is 0 Å². The van der Waals surface area contributed by atoms with Gasteiger partial charge < -0.3 is 15.0 Å². The maximum absolute atomic E-state index is 12.4. The zero-order valence-corrected chi connectivity index (χ0v) is 14.1. The van der Waals surface area contributed by atoms with Crippen molar-refractivity contribution in [2.75, 3.05) is 33.3 Å². The van der Waals surface area contributed by atoms with Crippen LogP contribution in [0.3, 0.4) is 0 Å². The summed E-state index contributed by atoms with van der Waals surface area (Å²) in [6, 6.07) is 17.8. The molecule has 2 aromatic rings. The highest BCUT2D eigenvalue weighted by atomic mass is 16.5. The van der Waals surface area contributed by atoms with Gasteiger partial charge in [0.25, 0.3) is 5.91 Å². The van der Waals surface area contributed by atoms with E-state index in [1.54, 1.807) is 0 Å². The minimum absolute atomic E-state index is 0.0306. The van der Waals surface area contributed by atoms with Crippen molar-refractivity contribution in [1.29, 1.82) is 0 Å². The maximum atomic E-state index is 12.4. The highest BCUT2D eigenvalue weighted by Crippen LogP contribution is 2.20. The number of benzene rings is 2. The number of likely N-dealkylation sites (N-methyl/N-ethyl adjacent to an activating group) is 1. The fraction of sp³-hybridized carbons (Fsp3) is 0.350. The molecule has 1 fully saturated rings. The molecule has 2 aromatic carbocycles. The van der Waals surface area contributed by atoms with E-state index >= 15 is 0 Å². The highest BCUT2D eigenvalue weighted by molar-refractivity contribution is 5.95. The van der Waals surface area contributed by atoms with Gasteiger partial charge in [0.2, 0.25) is 0 Å². The first-order valence-electron chi connectivity index (χ1n) is 8.46. The van der Waals surface area contributed by atoms with Crippen LogP contribution in [0.2, 0.25) is 0 Å². The lowest BCUT2D eigenvalue weighted by molar-refractivity contribution is -0.0226. The van der Waals surface area contributed by atoms with Crippen molar-refractivity contribution in [3.63, 3.8) is 0 Å². The molecular formula is C20H24N2O2. The standard InChI is InChI=1S/C20H24N2O2/c1-22-12-13-24-19(15-22)10-11-21-20(23)18-9-5-8-17(14-18)16-6-3-2-4-7-16/h2-9,14,19H,10-13,15H2,1H3,(H,21,23). The van der Waals surface area contributed by atoms with Crippen LogP contribution in [-0.4, -0.2) is 50.2 Å². The van der Waals surface area contributed by atoms with Gasteiger partial charge in [0.15, 0.2) is 0 Å². The first-order valence-corrected chi connectivity index (χ1v) is 8.46. The van der Waals surface area contributed by atoms with E-state index < -0.39 is 0 Å². The molecule has 1 saturated heterocycles. The second kappa shape index (κ2) is 8.08. The van der Waals surface area contributed by atoms with Gasteiger partial charge in [0, 0.05) is 25.2 Å². The number of hydrogen-bond donors (Lipinski definition) is 1. The zero-order valence-electron chi connectivity index (χ0n) is 14.1. The molecule has 3 rings (SSSR count). The van der Waals surface area contributed by atoms with Crippen molar-refractivity contribution in [2.45, 2.75) is 12.5 Å². The molecule has 0 aliphatic carbocycles. The van der Waals surface area contributed by atoms with Crippen molar-refractivity contribution in [2.24, 2.45) is 0 Å². The van der Waals surface area contributed by atoms with Gasteiger partial charge in [-0.05, 0) is 36.7 Å². The molecule has 126 valence electrons. The Bertz CT molecular complexity index is 672. The van der Waals surface area contributed by atoms with E-state index in [0.29, 0.717) is 12.1 Å². The summed E-state index contributed by atoms with van der Waals surface area (Å²) in [6.45, 7) is 3.32. The van der Waals surface area contributed by atoms with Crippen LogP contribution in [0, 0.1) is 0 Å². The van der Waals surface area contributed by atoms with Gasteiger partial charge >= 0.3 is 0 Å². The van der Waals surface area contributed by atoms with Crippen LogP contribution in [0.5, 0.6) is 0 Å². The van der Waals surface area contributed by atoms with Gasteiger partial charge in [-0.1, -0.05) is 42.5 Å². The van der Waals surface area contributed by atoms with Crippen LogP contribution in [0.25, 0.3) is 11.1 Å². The number of amides is 1. The van der Waals surface area contributed by atoms with E-state index in [2.05, 4.69) is 17.3 Å². The first-order chi connectivity index (χ1) is 11.7. The van der Waals surface area contributed by atoms with E-state index in [4.69, 9.17) is 4.74 Å². The van der Waals surface area contributed by atoms with Crippen LogP contribution < -0.4 is 5.32 Å². The van der Waals surface area contributed by atoms with E-state index in [0.717, 1.165) is 37.2 Å². The number of hydrogen-bond acceptors (Lipinski definition) is 3. The summed E-state index contributed by atoms with van der Waals surface area (Å²) in [5.74, 6) is -0.0306. The summed E-state index contributed by atoms with van der Waals surface area (Å²) in [5, 5.41) is 3.00. The number of carbonyl (C=O) groups excluding carboxylic acids is 1. The molecule has 1 amide bonds. The first kappa shape index (κ1) is 16.7. The number of nitrogens with zero attached hydrogens (tertiary/aromatic N) is 1. The summed E-state index contributed by atoms with van der Waals surface area (Å²) in [7, 11) is 2.10. The lowest BCUT2D eigenvalue weighted by Gasteiger charge is -2.30. The molecular weight excluding hydrogens is 300 g/mol. The summed E-state index contributed by atoms with van der Waals surface area (Å²) in [6.07, 6.45) is 1.05. The third-order valence-electron chi connectivity index (χ3n) is 4.33. The average Bonchev–Trinajstić information content (AvgIpc) is 2.62. The van der Waals surface area contributed by atoms with Gasteiger partial charge in [0.1, 0.15) is 0 Å². The third kappa shape index (κ3) is 4.43. The van der Waals surface area contributed by atoms with E-state index in [-0.39, 0.29) is 12.0 Å². The SMILES string of the molecule is CN1CCOC(CCNC(=O)c2cccc(-c3ccccc3)c2)C1. The van der Waals surface area contributed by atoms with Crippen molar-refractivity contribution >= 4 is 5.91 Å². The Balaban J connectivity index is 1.55. The molecule has 0 saturated carbocycles. The summed E-state index contributed by atoms with van der Waals surface area (Å²) >= 11 is 0. The Morgan fingerprint density at radius 3 is 2.75 bits per heavy atom. The molecule has 0 bridgehead atoms. The second-order valence-corrected chi connectivity index (χ2v) is 6.25. The number of morpholine rings is 1. The summed E-state index contributed by atoms with van der Waals surface area (Å²) < 4.78 is 5.72. The molecule has 1 aliphatic rings. The zero-order chi connectivity index (χ0) is 16.8. The lowest BCUT2D eigenvalue weighted by atomic mass is 10.0. The summed E-state index contributed by atoms with van der Waals surface area (Å²) in [5.41, 5.74) is 2.87. The van der Waals surface area contributed by atoms with Gasteiger partial charge in [-0.3, -0.25) is 4.79 Å². The van der Waals surface area contributed by atoms with Gasteiger partial charge in [-0.2, -0.15) is 0 Å². The van der Waals surface area contributed by atoms with Crippen molar-refractivity contribution in [3.05, 3.63) is 60.2 Å². The Morgan fingerprint density at radius 2 is 1.96 bits per heavy atom. The Kier molecular flexibility index (Phi) is 5.62. The van der Waals surface area contributed by atoms with Crippen LogP contribution in [-0.2, 0) is 4.74 Å². The molecule has 24 heavy (non-hydrogen) atoms. The van der Waals surface area contributed by atoms with Crippen LogP contribution in [0.15, 0.2) is 54.6 Å². The smallest absolute Gasteiger partial charge is 0.251 e. The Hall–Kier alpha value is -2.17. The molecule has 1 aliphatic heterocycles. The molecule has 1 unspecified atom stereocenters. The minimum Gasteiger partial charge on any atom is -0.375 e. The van der Waals surface area contributed by atoms with Crippen LogP contribution >= 0.6 is 0 Å². The predicted molar refractivity (Wildman–Crippen MR) is 96.1 cm³/mol. The molecule has 4 heteroatoms. The Labute approximate surface area is 143 Å². The van der Waals surface area contributed by atoms with Gasteiger partial charge in [0.05, 0.1) is 12.7 Å². The molecule has 1 atom stereocenters. The van der Waals surface area contributed by atoms with Crippen molar-refractivity contribution in [3.8, 4) is 11.1 Å². The quantitative estimate of drug-likeness (QED) is 0.919. The average molecular weight is 324 g/mol. The fourth-order valence-corrected chi connectivity index (χ4v) is 2.96. The fourth-order valence-electron chi connectivity index (χ4n) is 2.96.